The third-order valence-electron chi connectivity index (χ3n) is 3.15. The zero-order valence-corrected chi connectivity index (χ0v) is 12.1. The van der Waals surface area contributed by atoms with Crippen LogP contribution in [-0.4, -0.2) is 12.6 Å². The minimum atomic E-state index is -0.712. The van der Waals surface area contributed by atoms with Gasteiger partial charge in [-0.05, 0) is 32.9 Å². The molecule has 0 saturated carbocycles. The number of rotatable bonds is 3. The van der Waals surface area contributed by atoms with E-state index in [0.29, 0.717) is 17.3 Å². The summed E-state index contributed by atoms with van der Waals surface area (Å²) in [6.45, 7) is 5.32. The van der Waals surface area contributed by atoms with E-state index in [4.69, 9.17) is 19.6 Å². The number of aryl methyl sites for hydroxylation is 1. The molecule has 0 spiro atoms. The number of allylic oxidation sites excluding steroid dienone is 2. The number of nitriles is 1. The van der Waals surface area contributed by atoms with Gasteiger partial charge in [0.05, 0.1) is 18.1 Å². The molecule has 110 valence electrons. The Hall–Kier alpha value is -2.68. The minimum Gasteiger partial charge on any atom is -0.465 e. The van der Waals surface area contributed by atoms with Crippen molar-refractivity contribution in [2.24, 2.45) is 5.73 Å². The van der Waals surface area contributed by atoms with E-state index in [2.05, 4.69) is 0 Å². The SMILES string of the molecule is CCOC(=O)C1=C(C)OC(N)=C(C#N)[C@H]1c1ccc(C)o1. The number of carbonyl (C=O) groups is 1. The maximum atomic E-state index is 12.2. The number of esters is 1. The predicted octanol–water partition coefficient (Wildman–Crippen LogP) is 2.23. The summed E-state index contributed by atoms with van der Waals surface area (Å²) in [4.78, 5) is 12.2. The van der Waals surface area contributed by atoms with Crippen molar-refractivity contribution in [1.29, 1.82) is 5.26 Å². The lowest BCUT2D eigenvalue weighted by molar-refractivity contribution is -0.139. The van der Waals surface area contributed by atoms with Crippen molar-refractivity contribution in [2.75, 3.05) is 6.61 Å². The molecule has 21 heavy (non-hydrogen) atoms. The Morgan fingerprint density at radius 1 is 1.48 bits per heavy atom. The monoisotopic (exact) mass is 288 g/mol. The predicted molar refractivity (Wildman–Crippen MR) is 73.4 cm³/mol. The number of ether oxygens (including phenoxy) is 2. The third-order valence-corrected chi connectivity index (χ3v) is 3.15. The number of nitrogens with two attached hydrogens (primary N) is 1. The van der Waals surface area contributed by atoms with Gasteiger partial charge in [0.25, 0.3) is 0 Å². The summed E-state index contributed by atoms with van der Waals surface area (Å²) in [6, 6.07) is 5.46. The van der Waals surface area contributed by atoms with Crippen LogP contribution < -0.4 is 5.73 Å². The van der Waals surface area contributed by atoms with E-state index in [1.54, 1.807) is 32.9 Å². The van der Waals surface area contributed by atoms with Gasteiger partial charge in [-0.25, -0.2) is 4.79 Å². The fourth-order valence-electron chi connectivity index (χ4n) is 2.25. The second-order valence-corrected chi connectivity index (χ2v) is 4.56. The van der Waals surface area contributed by atoms with Gasteiger partial charge < -0.3 is 19.6 Å². The van der Waals surface area contributed by atoms with E-state index in [1.807, 2.05) is 6.07 Å². The van der Waals surface area contributed by atoms with Crippen LogP contribution in [0.1, 0.15) is 31.3 Å². The molecule has 2 heterocycles. The average molecular weight is 288 g/mol. The molecule has 1 aliphatic heterocycles. The lowest BCUT2D eigenvalue weighted by Gasteiger charge is -2.25. The lowest BCUT2D eigenvalue weighted by atomic mass is 9.87. The highest BCUT2D eigenvalue weighted by atomic mass is 16.5. The molecular weight excluding hydrogens is 272 g/mol. The van der Waals surface area contributed by atoms with Crippen molar-refractivity contribution in [3.8, 4) is 6.07 Å². The van der Waals surface area contributed by atoms with E-state index in [-0.39, 0.29) is 23.6 Å². The molecule has 0 fully saturated rings. The highest BCUT2D eigenvalue weighted by molar-refractivity contribution is 5.92. The molecule has 1 aliphatic rings. The average Bonchev–Trinajstić information content (AvgIpc) is 2.84. The van der Waals surface area contributed by atoms with E-state index < -0.39 is 11.9 Å². The van der Waals surface area contributed by atoms with Gasteiger partial charge in [0.15, 0.2) is 0 Å². The first-order valence-electron chi connectivity index (χ1n) is 6.51. The maximum Gasteiger partial charge on any atom is 0.338 e. The lowest BCUT2D eigenvalue weighted by Crippen LogP contribution is -2.25. The van der Waals surface area contributed by atoms with Gasteiger partial charge >= 0.3 is 5.97 Å². The van der Waals surface area contributed by atoms with E-state index in [1.165, 1.54) is 0 Å². The van der Waals surface area contributed by atoms with Gasteiger partial charge in [0, 0.05) is 0 Å². The first-order valence-corrected chi connectivity index (χ1v) is 6.51. The van der Waals surface area contributed by atoms with Gasteiger partial charge in [-0.1, -0.05) is 0 Å². The minimum absolute atomic E-state index is 0.0258. The van der Waals surface area contributed by atoms with Crippen LogP contribution in [0.2, 0.25) is 0 Å². The molecule has 0 bridgehead atoms. The fourth-order valence-corrected chi connectivity index (χ4v) is 2.25. The Labute approximate surface area is 122 Å². The van der Waals surface area contributed by atoms with Crippen molar-refractivity contribution in [3.63, 3.8) is 0 Å². The molecule has 0 aliphatic carbocycles. The van der Waals surface area contributed by atoms with Gasteiger partial charge in [0.1, 0.15) is 28.9 Å². The molecule has 0 aromatic carbocycles. The molecule has 0 saturated heterocycles. The van der Waals surface area contributed by atoms with E-state index in [0.717, 1.165) is 0 Å². The van der Waals surface area contributed by atoms with Crippen molar-refractivity contribution in [2.45, 2.75) is 26.7 Å². The summed E-state index contributed by atoms with van der Waals surface area (Å²) in [5.41, 5.74) is 6.13. The van der Waals surface area contributed by atoms with E-state index >= 15 is 0 Å². The summed E-state index contributed by atoms with van der Waals surface area (Å²) in [7, 11) is 0. The number of carbonyl (C=O) groups excluding carboxylic acids is 1. The molecule has 1 aromatic rings. The van der Waals surface area contributed by atoms with Gasteiger partial charge in [0.2, 0.25) is 5.88 Å². The maximum absolute atomic E-state index is 12.2. The molecule has 1 atom stereocenters. The Morgan fingerprint density at radius 3 is 2.71 bits per heavy atom. The van der Waals surface area contributed by atoms with Crippen LogP contribution in [0, 0.1) is 18.3 Å². The smallest absolute Gasteiger partial charge is 0.338 e. The number of hydrogen-bond acceptors (Lipinski definition) is 6. The second kappa shape index (κ2) is 5.75. The summed E-state index contributed by atoms with van der Waals surface area (Å²) < 4.78 is 15.9. The van der Waals surface area contributed by atoms with Crippen LogP contribution in [0.25, 0.3) is 0 Å². The molecular formula is C15H16N2O4. The van der Waals surface area contributed by atoms with Crippen LogP contribution in [-0.2, 0) is 14.3 Å². The number of nitrogens with zero attached hydrogens (tertiary/aromatic N) is 1. The van der Waals surface area contributed by atoms with Crippen molar-refractivity contribution in [1.82, 2.24) is 0 Å². The normalized spacial score (nSPS) is 18.3. The van der Waals surface area contributed by atoms with Gasteiger partial charge in [-0.15, -0.1) is 0 Å². The zero-order chi connectivity index (χ0) is 15.6. The summed E-state index contributed by atoms with van der Waals surface area (Å²) in [5.74, 6) is 0.155. The van der Waals surface area contributed by atoms with Crippen molar-refractivity contribution >= 4 is 5.97 Å². The molecule has 0 amide bonds. The molecule has 2 rings (SSSR count). The van der Waals surface area contributed by atoms with Crippen LogP contribution in [0.3, 0.4) is 0 Å². The van der Waals surface area contributed by atoms with Crippen molar-refractivity contribution < 1.29 is 18.7 Å². The molecule has 6 heteroatoms. The standard InChI is InChI=1S/C15H16N2O4/c1-4-19-15(18)12-9(3)21-14(17)10(7-16)13(12)11-6-5-8(2)20-11/h5-6,13H,4,17H2,1-3H3/t13-/m0/s1. The summed E-state index contributed by atoms with van der Waals surface area (Å²) in [6.07, 6.45) is 0. The Bertz CT molecular complexity index is 676. The first-order chi connectivity index (χ1) is 9.99. The topological polar surface area (TPSA) is 98.5 Å². The van der Waals surface area contributed by atoms with E-state index in [9.17, 15) is 10.1 Å². The molecule has 0 radical (unpaired) electrons. The Morgan fingerprint density at radius 2 is 2.19 bits per heavy atom. The summed E-state index contributed by atoms with van der Waals surface area (Å²) in [5, 5.41) is 9.33. The summed E-state index contributed by atoms with van der Waals surface area (Å²) >= 11 is 0. The largest absolute Gasteiger partial charge is 0.465 e. The molecule has 2 N–H and O–H groups in total. The highest BCUT2D eigenvalue weighted by Gasteiger charge is 2.38. The zero-order valence-electron chi connectivity index (χ0n) is 12.1. The number of furan rings is 1. The van der Waals surface area contributed by atoms with Crippen molar-refractivity contribution in [3.05, 3.63) is 46.4 Å². The van der Waals surface area contributed by atoms with Crippen LogP contribution in [0.4, 0.5) is 0 Å². The van der Waals surface area contributed by atoms with Gasteiger partial charge in [-0.3, -0.25) is 0 Å². The second-order valence-electron chi connectivity index (χ2n) is 4.56. The first kappa shape index (κ1) is 14.7. The molecule has 1 aromatic heterocycles. The van der Waals surface area contributed by atoms with Crippen LogP contribution in [0.15, 0.2) is 39.3 Å². The Balaban J connectivity index is 2.57. The quantitative estimate of drug-likeness (QED) is 0.856. The van der Waals surface area contributed by atoms with Crippen LogP contribution >= 0.6 is 0 Å². The molecule has 6 nitrogen and oxygen atoms in total. The van der Waals surface area contributed by atoms with Gasteiger partial charge in [-0.2, -0.15) is 5.26 Å². The third kappa shape index (κ3) is 2.63. The molecule has 0 unspecified atom stereocenters. The van der Waals surface area contributed by atoms with Crippen LogP contribution in [0.5, 0.6) is 0 Å². The number of hydrogen-bond donors (Lipinski definition) is 1. The Kier molecular flexibility index (Phi) is 4.03. The highest BCUT2D eigenvalue weighted by Crippen LogP contribution is 2.40. The fraction of sp³-hybridized carbons (Fsp3) is 0.333.